The van der Waals surface area contributed by atoms with Crippen molar-refractivity contribution in [2.24, 2.45) is 4.99 Å². The van der Waals surface area contributed by atoms with Crippen LogP contribution >= 0.6 is 11.6 Å². The number of hydrazine groups is 1. The zero-order valence-corrected chi connectivity index (χ0v) is 19.6. The highest BCUT2D eigenvalue weighted by Gasteiger charge is 2.36. The van der Waals surface area contributed by atoms with Gasteiger partial charge >= 0.3 is 0 Å². The highest BCUT2D eigenvalue weighted by atomic mass is 35.5. The number of benzene rings is 1. The number of piperidine rings is 1. The summed E-state index contributed by atoms with van der Waals surface area (Å²) in [5.74, 6) is 2.09. The molecule has 7 heteroatoms. The fourth-order valence-electron chi connectivity index (χ4n) is 4.33. The number of aliphatic imine (C=N–C) groups is 1. The van der Waals surface area contributed by atoms with Gasteiger partial charge in [0, 0.05) is 23.7 Å². The number of allylic oxidation sites excluding steroid dienone is 4. The van der Waals surface area contributed by atoms with E-state index in [2.05, 4.69) is 45.8 Å². The third-order valence-corrected chi connectivity index (χ3v) is 6.12. The SMILES string of the molecule is C/C=C(\C(=C/C/C=C/C1=NC2C(c3ccc(Cl)cc3)CCCN2N1)OC)n1cnc(C)c1. The van der Waals surface area contributed by atoms with Gasteiger partial charge in [-0.2, -0.15) is 5.01 Å². The van der Waals surface area contributed by atoms with E-state index < -0.39 is 0 Å². The van der Waals surface area contributed by atoms with E-state index in [0.717, 1.165) is 53.8 Å². The molecule has 168 valence electrons. The van der Waals surface area contributed by atoms with Crippen molar-refractivity contribution in [1.29, 1.82) is 0 Å². The first-order valence-electron chi connectivity index (χ1n) is 11.0. The summed E-state index contributed by atoms with van der Waals surface area (Å²) in [7, 11) is 1.69. The van der Waals surface area contributed by atoms with Gasteiger partial charge in [-0.3, -0.25) is 0 Å². The molecule has 2 aliphatic heterocycles. The lowest BCUT2D eigenvalue weighted by Gasteiger charge is -2.34. The van der Waals surface area contributed by atoms with Crippen LogP contribution in [0, 0.1) is 6.92 Å². The van der Waals surface area contributed by atoms with Crippen molar-refractivity contribution < 1.29 is 4.74 Å². The second-order valence-corrected chi connectivity index (χ2v) is 8.48. The Balaban J connectivity index is 1.43. The molecule has 1 fully saturated rings. The van der Waals surface area contributed by atoms with Gasteiger partial charge in [-0.15, -0.1) is 0 Å². The molecule has 0 spiro atoms. The van der Waals surface area contributed by atoms with Gasteiger partial charge in [-0.05, 0) is 63.0 Å². The van der Waals surface area contributed by atoms with Crippen LogP contribution in [0.4, 0.5) is 0 Å². The van der Waals surface area contributed by atoms with Gasteiger partial charge in [0.05, 0.1) is 24.8 Å². The van der Waals surface area contributed by atoms with Gasteiger partial charge < -0.3 is 14.7 Å². The van der Waals surface area contributed by atoms with E-state index in [0.29, 0.717) is 5.92 Å². The molecule has 1 N–H and O–H groups in total. The van der Waals surface area contributed by atoms with Crippen LogP contribution in [0.2, 0.25) is 5.02 Å². The number of ether oxygens (including phenoxy) is 1. The number of nitrogens with zero attached hydrogens (tertiary/aromatic N) is 4. The van der Waals surface area contributed by atoms with Crippen molar-refractivity contribution in [2.75, 3.05) is 13.7 Å². The van der Waals surface area contributed by atoms with Crippen molar-refractivity contribution in [3.63, 3.8) is 0 Å². The molecule has 0 bridgehead atoms. The van der Waals surface area contributed by atoms with Crippen LogP contribution in [0.15, 0.2) is 71.8 Å². The van der Waals surface area contributed by atoms with Crippen LogP contribution in [0.25, 0.3) is 5.70 Å². The van der Waals surface area contributed by atoms with E-state index in [9.17, 15) is 0 Å². The Morgan fingerprint density at radius 1 is 1.31 bits per heavy atom. The molecule has 1 aromatic carbocycles. The van der Waals surface area contributed by atoms with Gasteiger partial charge in [0.2, 0.25) is 0 Å². The summed E-state index contributed by atoms with van der Waals surface area (Å²) in [6, 6.07) is 8.17. The molecule has 0 saturated carbocycles. The quantitative estimate of drug-likeness (QED) is 0.458. The Morgan fingerprint density at radius 3 is 2.81 bits per heavy atom. The molecule has 1 aromatic heterocycles. The minimum absolute atomic E-state index is 0.119. The van der Waals surface area contributed by atoms with Crippen LogP contribution in [0.5, 0.6) is 0 Å². The Labute approximate surface area is 194 Å². The smallest absolute Gasteiger partial charge is 0.138 e. The molecule has 32 heavy (non-hydrogen) atoms. The molecule has 4 rings (SSSR count). The largest absolute Gasteiger partial charge is 0.495 e. The number of aryl methyl sites for hydroxylation is 1. The maximum Gasteiger partial charge on any atom is 0.138 e. The molecule has 0 aliphatic carbocycles. The maximum atomic E-state index is 6.07. The first kappa shape index (κ1) is 22.4. The highest BCUT2D eigenvalue weighted by molar-refractivity contribution is 6.30. The minimum atomic E-state index is 0.119. The molecule has 6 nitrogen and oxygen atoms in total. The fraction of sp³-hybridized carbons (Fsp3) is 0.360. The summed E-state index contributed by atoms with van der Waals surface area (Å²) in [5, 5.41) is 3.02. The lowest BCUT2D eigenvalue weighted by Crippen LogP contribution is -2.46. The van der Waals surface area contributed by atoms with Crippen LogP contribution in [-0.2, 0) is 4.74 Å². The zero-order valence-electron chi connectivity index (χ0n) is 18.8. The number of amidine groups is 1. The molecule has 2 aromatic rings. The van der Waals surface area contributed by atoms with Gasteiger partial charge in [-0.1, -0.05) is 35.9 Å². The molecule has 1 saturated heterocycles. The van der Waals surface area contributed by atoms with Crippen molar-refractivity contribution in [3.05, 3.63) is 83.1 Å². The van der Waals surface area contributed by atoms with Crippen molar-refractivity contribution >= 4 is 23.1 Å². The molecule has 0 amide bonds. The second kappa shape index (κ2) is 10.2. The van der Waals surface area contributed by atoms with Crippen LogP contribution in [0.1, 0.15) is 43.4 Å². The zero-order chi connectivity index (χ0) is 22.5. The van der Waals surface area contributed by atoms with Crippen LogP contribution < -0.4 is 5.43 Å². The Hall–Kier alpha value is -2.83. The number of hydrogen-bond donors (Lipinski definition) is 1. The predicted molar refractivity (Wildman–Crippen MR) is 130 cm³/mol. The third-order valence-electron chi connectivity index (χ3n) is 5.87. The highest BCUT2D eigenvalue weighted by Crippen LogP contribution is 2.35. The summed E-state index contributed by atoms with van der Waals surface area (Å²) in [5.41, 5.74) is 6.70. The molecule has 3 heterocycles. The molecular formula is C25H30ClN5O. The van der Waals surface area contributed by atoms with Gasteiger partial charge in [-0.25, -0.2) is 9.98 Å². The van der Waals surface area contributed by atoms with Crippen LogP contribution in [0.3, 0.4) is 0 Å². The Morgan fingerprint density at radius 2 is 2.12 bits per heavy atom. The summed E-state index contributed by atoms with van der Waals surface area (Å²) in [6.45, 7) is 4.97. The van der Waals surface area contributed by atoms with Crippen molar-refractivity contribution in [3.8, 4) is 0 Å². The monoisotopic (exact) mass is 451 g/mol. The normalized spacial score (nSPS) is 22.1. The summed E-state index contributed by atoms with van der Waals surface area (Å²) >= 11 is 6.07. The number of halogens is 1. The summed E-state index contributed by atoms with van der Waals surface area (Å²) < 4.78 is 7.61. The van der Waals surface area contributed by atoms with Crippen molar-refractivity contribution in [2.45, 2.75) is 45.2 Å². The fourth-order valence-corrected chi connectivity index (χ4v) is 4.45. The molecule has 2 aliphatic rings. The van der Waals surface area contributed by atoms with Crippen molar-refractivity contribution in [1.82, 2.24) is 20.0 Å². The van der Waals surface area contributed by atoms with E-state index >= 15 is 0 Å². The number of fused-ring (bicyclic) bond motifs is 1. The van der Waals surface area contributed by atoms with E-state index in [1.807, 2.05) is 42.8 Å². The molecule has 0 radical (unpaired) electrons. The molecular weight excluding hydrogens is 422 g/mol. The summed E-state index contributed by atoms with van der Waals surface area (Å²) in [4.78, 5) is 9.27. The van der Waals surface area contributed by atoms with Gasteiger partial charge in [0.15, 0.2) is 0 Å². The van der Waals surface area contributed by atoms with Crippen LogP contribution in [-0.4, -0.2) is 40.2 Å². The first-order valence-corrected chi connectivity index (χ1v) is 11.4. The van der Waals surface area contributed by atoms with E-state index in [1.165, 1.54) is 5.56 Å². The van der Waals surface area contributed by atoms with Gasteiger partial charge in [0.25, 0.3) is 0 Å². The predicted octanol–water partition coefficient (Wildman–Crippen LogP) is 5.30. The standard InChI is InChI=1S/C25H30ClN5O/c1-4-22(30-16-18(2)27-17-30)23(32-3)9-5-6-10-24-28-25-21(8-7-15-31(25)29-24)19-11-13-20(26)14-12-19/h4,6,9-14,16-17,21,25H,5,7-8,15H2,1-3H3,(H,28,29)/b10-6+,22-4+,23-9+. The average Bonchev–Trinajstić information content (AvgIpc) is 3.42. The topological polar surface area (TPSA) is 54.7 Å². The number of aromatic nitrogens is 2. The van der Waals surface area contributed by atoms with Gasteiger partial charge in [0.1, 0.15) is 17.8 Å². The number of nitrogens with one attached hydrogen (secondary N) is 1. The maximum absolute atomic E-state index is 6.07. The number of rotatable bonds is 7. The average molecular weight is 452 g/mol. The second-order valence-electron chi connectivity index (χ2n) is 8.04. The van der Waals surface area contributed by atoms with E-state index in [1.54, 1.807) is 13.4 Å². The number of methoxy groups -OCH3 is 1. The van der Waals surface area contributed by atoms with E-state index in [-0.39, 0.29) is 6.17 Å². The minimum Gasteiger partial charge on any atom is -0.495 e. The third kappa shape index (κ3) is 4.97. The first-order chi connectivity index (χ1) is 15.6. The lowest BCUT2D eigenvalue weighted by atomic mass is 9.88. The Bertz CT molecular complexity index is 1050. The number of imidazole rings is 1. The Kier molecular flexibility index (Phi) is 7.12. The molecule has 2 unspecified atom stereocenters. The van der Waals surface area contributed by atoms with E-state index in [4.69, 9.17) is 21.3 Å². The lowest BCUT2D eigenvalue weighted by molar-refractivity contribution is 0.123. The number of hydrogen-bond acceptors (Lipinski definition) is 5. The molecule has 2 atom stereocenters. The summed E-state index contributed by atoms with van der Waals surface area (Å²) in [6.07, 6.45) is 15.2.